The highest BCUT2D eigenvalue weighted by Crippen LogP contribution is 2.31. The van der Waals surface area contributed by atoms with Crippen LogP contribution >= 0.6 is 0 Å². The molecule has 1 aromatic rings. The van der Waals surface area contributed by atoms with Crippen LogP contribution in [0.1, 0.15) is 12.5 Å². The molecular formula is C11H12N2O. The van der Waals surface area contributed by atoms with Gasteiger partial charge in [0.05, 0.1) is 0 Å². The molecule has 0 spiro atoms. The van der Waals surface area contributed by atoms with Crippen molar-refractivity contribution in [2.75, 3.05) is 11.9 Å². The summed E-state index contributed by atoms with van der Waals surface area (Å²) >= 11 is 0. The lowest BCUT2D eigenvalue weighted by Crippen LogP contribution is -2.45. The van der Waals surface area contributed by atoms with Crippen molar-refractivity contribution in [3.63, 3.8) is 0 Å². The molecule has 2 rings (SSSR count). The summed E-state index contributed by atoms with van der Waals surface area (Å²) in [4.78, 5) is 17.0. The first-order valence-corrected chi connectivity index (χ1v) is 4.51. The summed E-state index contributed by atoms with van der Waals surface area (Å²) in [6.07, 6.45) is 8.32. The van der Waals surface area contributed by atoms with E-state index in [2.05, 4.69) is 4.98 Å². The fourth-order valence-corrected chi connectivity index (χ4v) is 1.58. The van der Waals surface area contributed by atoms with E-state index in [4.69, 9.17) is 0 Å². The van der Waals surface area contributed by atoms with E-state index in [-0.39, 0.29) is 0 Å². The lowest BCUT2D eigenvalue weighted by molar-refractivity contribution is -0.110. The first kappa shape index (κ1) is 8.94. The van der Waals surface area contributed by atoms with Crippen LogP contribution in [0.5, 0.6) is 0 Å². The summed E-state index contributed by atoms with van der Waals surface area (Å²) in [5, 5.41) is 0. The Morgan fingerprint density at radius 3 is 3.07 bits per heavy atom. The maximum atomic E-state index is 11.0. The third-order valence-electron chi connectivity index (χ3n) is 2.75. The van der Waals surface area contributed by atoms with Gasteiger partial charge in [0.15, 0.2) is 0 Å². The van der Waals surface area contributed by atoms with Gasteiger partial charge in [-0.1, -0.05) is 12.2 Å². The Morgan fingerprint density at radius 2 is 2.36 bits per heavy atom. The molecule has 1 aromatic heterocycles. The van der Waals surface area contributed by atoms with Crippen molar-refractivity contribution >= 4 is 18.0 Å². The zero-order valence-electron chi connectivity index (χ0n) is 8.27. The summed E-state index contributed by atoms with van der Waals surface area (Å²) in [6.45, 7) is 1.89. The molecule has 0 bridgehead atoms. The summed E-state index contributed by atoms with van der Waals surface area (Å²) in [5.41, 5.74) is 1.56. The molecule has 1 aliphatic rings. The summed E-state index contributed by atoms with van der Waals surface area (Å²) in [5.74, 6) is 0. The standard InChI is InChI=1S/C11H12N2O/c1-11(8-14)5-3-9-7-12-6-4-10(9)13(11)2/h3-8H,1-2H3. The van der Waals surface area contributed by atoms with Gasteiger partial charge < -0.3 is 9.69 Å². The van der Waals surface area contributed by atoms with Crippen LogP contribution in [-0.2, 0) is 4.79 Å². The summed E-state index contributed by atoms with van der Waals surface area (Å²) in [6, 6.07) is 1.92. The van der Waals surface area contributed by atoms with Gasteiger partial charge in [0, 0.05) is 30.7 Å². The average Bonchev–Trinajstić information content (AvgIpc) is 2.24. The number of hydrogen-bond acceptors (Lipinski definition) is 3. The molecule has 3 heteroatoms. The number of aromatic nitrogens is 1. The molecule has 0 saturated carbocycles. The minimum Gasteiger partial charge on any atom is -0.359 e. The lowest BCUT2D eigenvalue weighted by atomic mass is 9.95. The van der Waals surface area contributed by atoms with Crippen molar-refractivity contribution in [3.8, 4) is 0 Å². The Morgan fingerprint density at radius 1 is 1.57 bits per heavy atom. The highest BCUT2D eigenvalue weighted by atomic mass is 16.1. The van der Waals surface area contributed by atoms with E-state index in [0.29, 0.717) is 0 Å². The summed E-state index contributed by atoms with van der Waals surface area (Å²) in [7, 11) is 1.91. The van der Waals surface area contributed by atoms with Crippen LogP contribution in [0.4, 0.5) is 5.69 Å². The first-order valence-electron chi connectivity index (χ1n) is 4.51. The highest BCUT2D eigenvalue weighted by molar-refractivity contribution is 5.83. The molecule has 2 heterocycles. The Balaban J connectivity index is 2.55. The van der Waals surface area contributed by atoms with E-state index in [1.165, 1.54) is 0 Å². The summed E-state index contributed by atoms with van der Waals surface area (Å²) < 4.78 is 0. The molecule has 0 radical (unpaired) electrons. The van der Waals surface area contributed by atoms with Crippen LogP contribution in [0.2, 0.25) is 0 Å². The van der Waals surface area contributed by atoms with Crippen molar-refractivity contribution in [2.24, 2.45) is 0 Å². The predicted octanol–water partition coefficient (Wildman–Crippen LogP) is 1.50. The SMILES string of the molecule is CN1c2ccncc2C=CC1(C)C=O. The van der Waals surface area contributed by atoms with Crippen molar-refractivity contribution in [2.45, 2.75) is 12.5 Å². The van der Waals surface area contributed by atoms with Gasteiger partial charge >= 0.3 is 0 Å². The molecule has 0 aliphatic carbocycles. The van der Waals surface area contributed by atoms with Crippen LogP contribution < -0.4 is 4.90 Å². The number of rotatable bonds is 1. The third-order valence-corrected chi connectivity index (χ3v) is 2.75. The fourth-order valence-electron chi connectivity index (χ4n) is 1.58. The minimum absolute atomic E-state index is 0.533. The van der Waals surface area contributed by atoms with Crippen molar-refractivity contribution < 1.29 is 4.79 Å². The largest absolute Gasteiger partial charge is 0.359 e. The molecule has 0 N–H and O–H groups in total. The zero-order chi connectivity index (χ0) is 10.2. The quantitative estimate of drug-likeness (QED) is 0.626. The van der Waals surface area contributed by atoms with Gasteiger partial charge in [-0.3, -0.25) is 4.98 Å². The molecular weight excluding hydrogens is 176 g/mol. The number of anilines is 1. The second-order valence-electron chi connectivity index (χ2n) is 3.67. The van der Waals surface area contributed by atoms with Crippen LogP contribution in [0.25, 0.3) is 6.08 Å². The van der Waals surface area contributed by atoms with E-state index in [0.717, 1.165) is 17.5 Å². The van der Waals surface area contributed by atoms with Crippen LogP contribution in [0.15, 0.2) is 24.5 Å². The zero-order valence-corrected chi connectivity index (χ0v) is 8.27. The maximum absolute atomic E-state index is 11.0. The molecule has 1 atom stereocenters. The normalized spacial score (nSPS) is 24.6. The topological polar surface area (TPSA) is 33.2 Å². The second-order valence-corrected chi connectivity index (χ2v) is 3.67. The Hall–Kier alpha value is -1.64. The van der Waals surface area contributed by atoms with Gasteiger partial charge in [-0.05, 0) is 13.0 Å². The number of fused-ring (bicyclic) bond motifs is 1. The molecule has 14 heavy (non-hydrogen) atoms. The van der Waals surface area contributed by atoms with E-state index in [9.17, 15) is 4.79 Å². The smallest absolute Gasteiger partial charge is 0.149 e. The fraction of sp³-hybridized carbons (Fsp3) is 0.273. The predicted molar refractivity (Wildman–Crippen MR) is 56.1 cm³/mol. The molecule has 1 aliphatic heterocycles. The van der Waals surface area contributed by atoms with E-state index >= 15 is 0 Å². The van der Waals surface area contributed by atoms with E-state index in [1.54, 1.807) is 12.4 Å². The van der Waals surface area contributed by atoms with Crippen LogP contribution in [-0.4, -0.2) is 23.9 Å². The molecule has 0 fully saturated rings. The lowest BCUT2D eigenvalue weighted by Gasteiger charge is -2.37. The minimum atomic E-state index is -0.533. The number of carbonyl (C=O) groups is 1. The number of nitrogens with zero attached hydrogens (tertiary/aromatic N) is 2. The Kier molecular flexibility index (Phi) is 1.88. The number of aldehydes is 1. The van der Waals surface area contributed by atoms with Gasteiger partial charge in [-0.2, -0.15) is 0 Å². The van der Waals surface area contributed by atoms with Gasteiger partial charge in [-0.25, -0.2) is 0 Å². The number of likely N-dealkylation sites (N-methyl/N-ethyl adjacent to an activating group) is 1. The molecule has 0 amide bonds. The molecule has 1 unspecified atom stereocenters. The molecule has 0 saturated heterocycles. The number of carbonyl (C=O) groups excluding carboxylic acids is 1. The van der Waals surface area contributed by atoms with Crippen LogP contribution in [0, 0.1) is 0 Å². The second kappa shape index (κ2) is 2.94. The van der Waals surface area contributed by atoms with Crippen LogP contribution in [0.3, 0.4) is 0 Å². The monoisotopic (exact) mass is 188 g/mol. The third kappa shape index (κ3) is 1.13. The Labute approximate surface area is 83.1 Å². The highest BCUT2D eigenvalue weighted by Gasteiger charge is 2.29. The van der Waals surface area contributed by atoms with E-state index in [1.807, 2.05) is 37.1 Å². The van der Waals surface area contributed by atoms with Gasteiger partial charge in [-0.15, -0.1) is 0 Å². The van der Waals surface area contributed by atoms with Crippen molar-refractivity contribution in [3.05, 3.63) is 30.1 Å². The Bertz CT molecular complexity index is 400. The van der Waals surface area contributed by atoms with Gasteiger partial charge in [0.25, 0.3) is 0 Å². The number of pyridine rings is 1. The maximum Gasteiger partial charge on any atom is 0.149 e. The van der Waals surface area contributed by atoms with Gasteiger partial charge in [0.1, 0.15) is 11.8 Å². The average molecular weight is 188 g/mol. The number of hydrogen-bond donors (Lipinski definition) is 0. The molecule has 3 nitrogen and oxygen atoms in total. The molecule has 72 valence electrons. The molecule has 0 aromatic carbocycles. The first-order chi connectivity index (χ1) is 6.67. The van der Waals surface area contributed by atoms with Gasteiger partial charge in [0.2, 0.25) is 0 Å². The van der Waals surface area contributed by atoms with E-state index < -0.39 is 5.54 Å². The van der Waals surface area contributed by atoms with Crippen molar-refractivity contribution in [1.82, 2.24) is 4.98 Å². The van der Waals surface area contributed by atoms with Crippen molar-refractivity contribution in [1.29, 1.82) is 0 Å².